The Labute approximate surface area is 203 Å². The fourth-order valence-corrected chi connectivity index (χ4v) is 7.09. The molecule has 0 saturated carbocycles. The number of rotatable bonds is 2. The summed E-state index contributed by atoms with van der Waals surface area (Å²) in [6.07, 6.45) is 1.20. The van der Waals surface area contributed by atoms with Gasteiger partial charge in [-0.2, -0.15) is 0 Å². The molecule has 5 aromatic rings. The van der Waals surface area contributed by atoms with E-state index in [-0.39, 0.29) is 11.6 Å². The maximum absolute atomic E-state index is 13.8. The molecule has 0 aliphatic heterocycles. The minimum absolute atomic E-state index is 0.0428. The van der Waals surface area contributed by atoms with Gasteiger partial charge in [0, 0.05) is 27.8 Å². The summed E-state index contributed by atoms with van der Waals surface area (Å²) in [5.41, 5.74) is 5.86. The Morgan fingerprint density at radius 1 is 0.676 bits per heavy atom. The zero-order valence-corrected chi connectivity index (χ0v) is 19.5. The smallest absolute Gasteiger partial charge is 0.195 e. The zero-order valence-electron chi connectivity index (χ0n) is 17.9. The largest absolute Gasteiger partial charge is 0.289 e. The van der Waals surface area contributed by atoms with Crippen molar-refractivity contribution >= 4 is 50.0 Å². The van der Waals surface area contributed by atoms with Gasteiger partial charge in [0.25, 0.3) is 0 Å². The number of thiazole rings is 2. The number of ketones is 2. The highest BCUT2D eigenvalue weighted by molar-refractivity contribution is 7.22. The number of Topliss-reactive ketones (excluding diaryl/α,β-unsaturated/α-hetero) is 2. The predicted octanol–water partition coefficient (Wildman–Crippen LogP) is 6.87. The van der Waals surface area contributed by atoms with E-state index in [9.17, 15) is 9.59 Å². The molecule has 0 amide bonds. The highest BCUT2D eigenvalue weighted by Crippen LogP contribution is 2.46. The molecule has 6 heteroatoms. The van der Waals surface area contributed by atoms with Crippen LogP contribution >= 0.6 is 22.7 Å². The molecule has 0 bridgehead atoms. The van der Waals surface area contributed by atoms with Crippen molar-refractivity contribution in [2.75, 3.05) is 0 Å². The minimum atomic E-state index is -0.0784. The Bertz CT molecular complexity index is 1680. The number of hydrogen-bond acceptors (Lipinski definition) is 6. The van der Waals surface area contributed by atoms with Gasteiger partial charge < -0.3 is 0 Å². The third-order valence-corrected chi connectivity index (χ3v) is 8.71. The lowest BCUT2D eigenvalue weighted by molar-refractivity contribution is 0.0989. The Kier molecular flexibility index (Phi) is 4.28. The van der Waals surface area contributed by atoms with Crippen molar-refractivity contribution in [1.29, 1.82) is 0 Å². The first-order valence-electron chi connectivity index (χ1n) is 11.1. The molecule has 2 aliphatic carbocycles. The van der Waals surface area contributed by atoms with Gasteiger partial charge in [0.15, 0.2) is 11.6 Å². The highest BCUT2D eigenvalue weighted by Gasteiger charge is 2.39. The van der Waals surface area contributed by atoms with Crippen LogP contribution in [0.25, 0.3) is 36.9 Å². The second-order valence-corrected chi connectivity index (χ2v) is 10.4. The van der Waals surface area contributed by atoms with Crippen LogP contribution in [0.4, 0.5) is 0 Å². The monoisotopic (exact) mass is 476 g/mol. The number of aryl methyl sites for hydroxylation is 1. The van der Waals surface area contributed by atoms with E-state index in [2.05, 4.69) is 0 Å². The standard InChI is InChI=1S/C28H16N2O2S2/c31-23-18-12-14-20-26(34-28(30-20)16-9-5-2-6-10-16)22(18)24(32)17-11-13-19-25(21(17)23)33-27(29-19)15-7-3-1-4-8-15/h1-11,13H,12,14H2. The summed E-state index contributed by atoms with van der Waals surface area (Å²) in [6, 6.07) is 23.5. The molecule has 0 saturated heterocycles. The van der Waals surface area contributed by atoms with Gasteiger partial charge in [-0.05, 0) is 25.0 Å². The van der Waals surface area contributed by atoms with E-state index < -0.39 is 0 Å². The van der Waals surface area contributed by atoms with E-state index in [1.165, 1.54) is 22.7 Å². The van der Waals surface area contributed by atoms with Gasteiger partial charge in [-0.1, -0.05) is 60.7 Å². The van der Waals surface area contributed by atoms with Gasteiger partial charge in [0.2, 0.25) is 0 Å². The van der Waals surface area contributed by atoms with Crippen molar-refractivity contribution < 1.29 is 9.59 Å². The summed E-state index contributed by atoms with van der Waals surface area (Å²) >= 11 is 2.99. The van der Waals surface area contributed by atoms with Crippen molar-refractivity contribution in [1.82, 2.24) is 9.97 Å². The third-order valence-electron chi connectivity index (χ3n) is 6.41. The molecular weight excluding hydrogens is 460 g/mol. The van der Waals surface area contributed by atoms with Crippen LogP contribution in [0.1, 0.15) is 37.7 Å². The Balaban J connectivity index is 1.39. The van der Waals surface area contributed by atoms with Crippen molar-refractivity contribution in [3.05, 3.63) is 100 Å². The van der Waals surface area contributed by atoms with Crippen LogP contribution in [0.2, 0.25) is 0 Å². The molecule has 0 spiro atoms. The molecule has 0 radical (unpaired) electrons. The van der Waals surface area contributed by atoms with Crippen LogP contribution in [0, 0.1) is 0 Å². The second-order valence-electron chi connectivity index (χ2n) is 8.39. The van der Waals surface area contributed by atoms with E-state index in [0.717, 1.165) is 41.9 Å². The van der Waals surface area contributed by atoms with Crippen LogP contribution in [-0.4, -0.2) is 21.5 Å². The summed E-state index contributed by atoms with van der Waals surface area (Å²) in [5, 5.41) is 1.74. The first kappa shape index (κ1) is 19.7. The van der Waals surface area contributed by atoms with Gasteiger partial charge in [-0.15, -0.1) is 22.7 Å². The van der Waals surface area contributed by atoms with Crippen LogP contribution in [-0.2, 0) is 6.42 Å². The molecule has 2 aromatic heterocycles. The van der Waals surface area contributed by atoms with E-state index in [1.54, 1.807) is 6.07 Å². The molecule has 3 aromatic carbocycles. The molecule has 0 atom stereocenters. The number of hydrogen-bond donors (Lipinski definition) is 0. The Morgan fingerprint density at radius 2 is 1.35 bits per heavy atom. The third kappa shape index (κ3) is 2.82. The molecule has 0 fully saturated rings. The van der Waals surface area contributed by atoms with E-state index >= 15 is 0 Å². The number of carbonyl (C=O) groups excluding carboxylic acids is 2. The second kappa shape index (κ2) is 7.38. The fourth-order valence-electron chi connectivity index (χ4n) is 4.79. The average Bonchev–Trinajstić information content (AvgIpc) is 3.52. The summed E-state index contributed by atoms with van der Waals surface area (Å²) in [5.74, 6) is -0.121. The van der Waals surface area contributed by atoms with Crippen LogP contribution in [0.3, 0.4) is 0 Å². The van der Waals surface area contributed by atoms with Crippen molar-refractivity contribution in [2.24, 2.45) is 0 Å². The lowest BCUT2D eigenvalue weighted by Gasteiger charge is -2.24. The molecule has 162 valence electrons. The average molecular weight is 477 g/mol. The molecule has 0 N–H and O–H groups in total. The topological polar surface area (TPSA) is 59.9 Å². The van der Waals surface area contributed by atoms with E-state index in [4.69, 9.17) is 9.97 Å². The summed E-state index contributed by atoms with van der Waals surface area (Å²) in [4.78, 5) is 38.0. The molecule has 7 rings (SSSR count). The Morgan fingerprint density at radius 3 is 2.06 bits per heavy atom. The van der Waals surface area contributed by atoms with Crippen LogP contribution in [0.15, 0.2) is 78.4 Å². The van der Waals surface area contributed by atoms with E-state index in [1.807, 2.05) is 66.7 Å². The number of aromatic nitrogens is 2. The van der Waals surface area contributed by atoms with E-state index in [0.29, 0.717) is 35.1 Å². The van der Waals surface area contributed by atoms with Crippen molar-refractivity contribution in [3.63, 3.8) is 0 Å². The number of nitrogens with zero attached hydrogens (tertiary/aromatic N) is 2. The van der Waals surface area contributed by atoms with Gasteiger partial charge in [0.1, 0.15) is 10.0 Å². The first-order valence-corrected chi connectivity index (χ1v) is 12.7. The van der Waals surface area contributed by atoms with Crippen LogP contribution in [0.5, 0.6) is 0 Å². The lowest BCUT2D eigenvalue weighted by atomic mass is 9.78. The minimum Gasteiger partial charge on any atom is -0.289 e. The number of carbonyl (C=O) groups is 2. The first-order chi connectivity index (χ1) is 16.7. The van der Waals surface area contributed by atoms with Crippen LogP contribution < -0.4 is 0 Å². The van der Waals surface area contributed by atoms with Gasteiger partial charge in [-0.3, -0.25) is 9.59 Å². The lowest BCUT2D eigenvalue weighted by Crippen LogP contribution is -2.24. The maximum atomic E-state index is 13.8. The quantitative estimate of drug-likeness (QED) is 0.279. The van der Waals surface area contributed by atoms with Gasteiger partial charge in [0.05, 0.1) is 26.4 Å². The number of allylic oxidation sites excluding steroid dienone is 2. The zero-order chi connectivity index (χ0) is 22.8. The molecular formula is C28H16N2O2S2. The highest BCUT2D eigenvalue weighted by atomic mass is 32.1. The van der Waals surface area contributed by atoms with Crippen molar-refractivity contribution in [2.45, 2.75) is 12.8 Å². The normalized spacial score (nSPS) is 14.8. The molecule has 34 heavy (non-hydrogen) atoms. The van der Waals surface area contributed by atoms with Crippen molar-refractivity contribution in [3.8, 4) is 21.1 Å². The fraction of sp³-hybridized carbons (Fsp3) is 0.0714. The maximum Gasteiger partial charge on any atom is 0.195 e. The molecule has 2 aliphatic rings. The summed E-state index contributed by atoms with van der Waals surface area (Å²) in [6.45, 7) is 0. The van der Waals surface area contributed by atoms with Gasteiger partial charge >= 0.3 is 0 Å². The molecule has 4 nitrogen and oxygen atoms in total. The van der Waals surface area contributed by atoms with Gasteiger partial charge in [-0.25, -0.2) is 9.97 Å². The molecule has 2 heterocycles. The predicted molar refractivity (Wildman–Crippen MR) is 137 cm³/mol. The summed E-state index contributed by atoms with van der Waals surface area (Å²) < 4.78 is 0.793. The number of fused-ring (bicyclic) bond motifs is 5. The number of benzene rings is 3. The Hall–Kier alpha value is -3.74. The summed E-state index contributed by atoms with van der Waals surface area (Å²) in [7, 11) is 0. The molecule has 0 unspecified atom stereocenters. The SMILES string of the molecule is O=C1C2=C(CCc3nc(-c4ccccc4)sc32)C(=O)c2c1ccc1nc(-c3ccccc3)sc21.